The molecule has 0 aromatic carbocycles. The van der Waals surface area contributed by atoms with Gasteiger partial charge in [0.2, 0.25) is 0 Å². The number of hydrogen-bond donors (Lipinski definition) is 1. The number of carboxylic acid groups (broad SMARTS) is 1. The van der Waals surface area contributed by atoms with Gasteiger partial charge in [-0.05, 0) is 25.8 Å². The summed E-state index contributed by atoms with van der Waals surface area (Å²) in [4.78, 5) is 25.1. The minimum Gasteiger partial charge on any atom is -0.480 e. The summed E-state index contributed by atoms with van der Waals surface area (Å²) in [6.07, 6.45) is 4.66. The highest BCUT2D eigenvalue weighted by molar-refractivity contribution is 5.97. The molecule has 0 radical (unpaired) electrons. The molecular weight excluding hydrogens is 234 g/mol. The Morgan fingerprint density at radius 3 is 2.78 bits per heavy atom. The van der Waals surface area contributed by atoms with Crippen LogP contribution in [0, 0.1) is 6.92 Å². The van der Waals surface area contributed by atoms with Gasteiger partial charge in [0.15, 0.2) is 0 Å². The average Bonchev–Trinajstić information content (AvgIpc) is 2.63. The lowest BCUT2D eigenvalue weighted by Gasteiger charge is -2.26. The zero-order chi connectivity index (χ0) is 13.1. The molecule has 2 rings (SSSR count). The van der Waals surface area contributed by atoms with Crippen molar-refractivity contribution in [3.8, 4) is 0 Å². The molecular formula is C13H17NO4. The van der Waals surface area contributed by atoms with E-state index in [1.165, 1.54) is 11.2 Å². The number of furan rings is 1. The summed E-state index contributed by atoms with van der Waals surface area (Å²) in [6.45, 7) is 2.21. The Bertz CT molecular complexity index is 452. The smallest absolute Gasteiger partial charge is 0.326 e. The van der Waals surface area contributed by atoms with Crippen molar-refractivity contribution in [1.29, 1.82) is 0 Å². The maximum absolute atomic E-state index is 12.4. The predicted molar refractivity (Wildman–Crippen MR) is 64.4 cm³/mol. The van der Waals surface area contributed by atoms with Gasteiger partial charge in [0.25, 0.3) is 5.91 Å². The van der Waals surface area contributed by atoms with Gasteiger partial charge in [0, 0.05) is 6.54 Å². The number of hydrogen-bond acceptors (Lipinski definition) is 3. The van der Waals surface area contributed by atoms with Crippen molar-refractivity contribution in [3.63, 3.8) is 0 Å². The van der Waals surface area contributed by atoms with Crippen LogP contribution in [0.2, 0.25) is 0 Å². The second-order valence-corrected chi connectivity index (χ2v) is 4.59. The first kappa shape index (κ1) is 12.7. The molecule has 1 amide bonds. The number of nitrogens with zero attached hydrogens (tertiary/aromatic N) is 1. The number of carbonyl (C=O) groups is 2. The number of aliphatic carboxylic acids is 1. The van der Waals surface area contributed by atoms with E-state index in [1.54, 1.807) is 13.0 Å². The lowest BCUT2D eigenvalue weighted by atomic mass is 10.1. The molecule has 1 unspecified atom stereocenters. The monoisotopic (exact) mass is 251 g/mol. The Morgan fingerprint density at radius 2 is 2.17 bits per heavy atom. The fourth-order valence-electron chi connectivity index (χ4n) is 2.37. The number of likely N-dealkylation sites (tertiary alicyclic amines) is 1. The van der Waals surface area contributed by atoms with Crippen molar-refractivity contribution in [1.82, 2.24) is 4.90 Å². The second kappa shape index (κ2) is 5.25. The third-order valence-corrected chi connectivity index (χ3v) is 3.39. The Kier molecular flexibility index (Phi) is 3.69. The lowest BCUT2D eigenvalue weighted by molar-refractivity contribution is -0.142. The Balaban J connectivity index is 2.25. The largest absolute Gasteiger partial charge is 0.480 e. The molecule has 1 aromatic heterocycles. The third kappa shape index (κ3) is 2.39. The van der Waals surface area contributed by atoms with E-state index in [2.05, 4.69) is 0 Å². The van der Waals surface area contributed by atoms with Crippen molar-refractivity contribution < 1.29 is 19.1 Å². The second-order valence-electron chi connectivity index (χ2n) is 4.59. The summed E-state index contributed by atoms with van der Waals surface area (Å²) in [7, 11) is 0. The molecule has 0 bridgehead atoms. The van der Waals surface area contributed by atoms with E-state index >= 15 is 0 Å². The highest BCUT2D eigenvalue weighted by atomic mass is 16.4. The Labute approximate surface area is 105 Å². The molecule has 1 N–H and O–H groups in total. The number of amides is 1. The van der Waals surface area contributed by atoms with Crippen LogP contribution in [0.1, 0.15) is 41.8 Å². The number of aryl methyl sites for hydroxylation is 1. The molecule has 1 saturated heterocycles. The average molecular weight is 251 g/mol. The summed E-state index contributed by atoms with van der Waals surface area (Å²) in [5, 5.41) is 9.23. The van der Waals surface area contributed by atoms with Crippen LogP contribution in [0.5, 0.6) is 0 Å². The van der Waals surface area contributed by atoms with E-state index in [1.807, 2.05) is 0 Å². The molecule has 5 heteroatoms. The lowest BCUT2D eigenvalue weighted by Crippen LogP contribution is -2.44. The van der Waals surface area contributed by atoms with Gasteiger partial charge >= 0.3 is 5.97 Å². The molecule has 0 spiro atoms. The normalized spacial score (nSPS) is 20.5. The fraction of sp³-hybridized carbons (Fsp3) is 0.538. The summed E-state index contributed by atoms with van der Waals surface area (Å²) < 4.78 is 5.11. The van der Waals surface area contributed by atoms with E-state index in [0.717, 1.165) is 19.3 Å². The fourth-order valence-corrected chi connectivity index (χ4v) is 2.37. The van der Waals surface area contributed by atoms with Gasteiger partial charge in [-0.25, -0.2) is 4.79 Å². The molecule has 1 atom stereocenters. The van der Waals surface area contributed by atoms with Crippen LogP contribution in [0.15, 0.2) is 16.7 Å². The SMILES string of the molecule is Cc1occc1C(=O)N1CCCCCC1C(=O)O. The van der Waals surface area contributed by atoms with Crippen LogP contribution in [0.3, 0.4) is 0 Å². The van der Waals surface area contributed by atoms with Gasteiger partial charge in [-0.1, -0.05) is 12.8 Å². The van der Waals surface area contributed by atoms with Gasteiger partial charge in [-0.3, -0.25) is 4.79 Å². The van der Waals surface area contributed by atoms with E-state index in [4.69, 9.17) is 4.42 Å². The van der Waals surface area contributed by atoms with Gasteiger partial charge in [0.05, 0.1) is 11.8 Å². The summed E-state index contributed by atoms with van der Waals surface area (Å²) in [5.74, 6) is -0.629. The number of carboxylic acids is 1. The van der Waals surface area contributed by atoms with Crippen LogP contribution in [-0.2, 0) is 4.79 Å². The first-order valence-electron chi connectivity index (χ1n) is 6.19. The van der Waals surface area contributed by atoms with Crippen LogP contribution >= 0.6 is 0 Å². The maximum atomic E-state index is 12.4. The maximum Gasteiger partial charge on any atom is 0.326 e. The highest BCUT2D eigenvalue weighted by Gasteiger charge is 2.32. The minimum absolute atomic E-state index is 0.240. The van der Waals surface area contributed by atoms with Crippen molar-refractivity contribution in [3.05, 3.63) is 23.7 Å². The molecule has 98 valence electrons. The van der Waals surface area contributed by atoms with E-state index in [0.29, 0.717) is 24.3 Å². The molecule has 18 heavy (non-hydrogen) atoms. The molecule has 1 aromatic rings. The molecule has 1 aliphatic rings. The van der Waals surface area contributed by atoms with Crippen LogP contribution in [-0.4, -0.2) is 34.5 Å². The van der Waals surface area contributed by atoms with E-state index in [9.17, 15) is 14.7 Å². The van der Waals surface area contributed by atoms with Gasteiger partial charge < -0.3 is 14.4 Å². The summed E-state index contributed by atoms with van der Waals surface area (Å²) in [5.41, 5.74) is 0.461. The van der Waals surface area contributed by atoms with Gasteiger partial charge in [0.1, 0.15) is 11.8 Å². The zero-order valence-corrected chi connectivity index (χ0v) is 10.4. The Hall–Kier alpha value is -1.78. The van der Waals surface area contributed by atoms with Crippen LogP contribution in [0.4, 0.5) is 0 Å². The van der Waals surface area contributed by atoms with Crippen molar-refractivity contribution >= 4 is 11.9 Å². The molecule has 1 aliphatic heterocycles. The first-order chi connectivity index (χ1) is 8.61. The number of carbonyl (C=O) groups excluding carboxylic acids is 1. The van der Waals surface area contributed by atoms with Crippen LogP contribution in [0.25, 0.3) is 0 Å². The third-order valence-electron chi connectivity index (χ3n) is 3.39. The number of rotatable bonds is 2. The standard InChI is InChI=1S/C13H17NO4/c1-9-10(6-8-18-9)12(15)14-7-4-2-3-5-11(14)13(16)17/h6,8,11H,2-5,7H2,1H3,(H,16,17). The van der Waals surface area contributed by atoms with Gasteiger partial charge in [-0.2, -0.15) is 0 Å². The van der Waals surface area contributed by atoms with Crippen molar-refractivity contribution in [2.75, 3.05) is 6.54 Å². The summed E-state index contributed by atoms with van der Waals surface area (Å²) in [6, 6.07) is 0.885. The molecule has 0 saturated carbocycles. The van der Waals surface area contributed by atoms with Crippen molar-refractivity contribution in [2.24, 2.45) is 0 Å². The molecule has 2 heterocycles. The van der Waals surface area contributed by atoms with Crippen molar-refractivity contribution in [2.45, 2.75) is 38.6 Å². The molecule has 5 nitrogen and oxygen atoms in total. The molecule has 0 aliphatic carbocycles. The Morgan fingerprint density at radius 1 is 1.39 bits per heavy atom. The quantitative estimate of drug-likeness (QED) is 0.873. The topological polar surface area (TPSA) is 70.8 Å². The zero-order valence-electron chi connectivity index (χ0n) is 10.4. The van der Waals surface area contributed by atoms with E-state index < -0.39 is 12.0 Å². The molecule has 1 fully saturated rings. The summed E-state index contributed by atoms with van der Waals surface area (Å²) >= 11 is 0. The highest BCUT2D eigenvalue weighted by Crippen LogP contribution is 2.21. The van der Waals surface area contributed by atoms with Gasteiger partial charge in [-0.15, -0.1) is 0 Å². The van der Waals surface area contributed by atoms with Crippen LogP contribution < -0.4 is 0 Å². The minimum atomic E-state index is -0.925. The predicted octanol–water partition coefficient (Wildman–Crippen LogP) is 2.06. The first-order valence-corrected chi connectivity index (χ1v) is 6.19. The van der Waals surface area contributed by atoms with E-state index in [-0.39, 0.29) is 5.91 Å².